The maximum Gasteiger partial charge on any atom is 0.410 e. The van der Waals surface area contributed by atoms with Crippen LogP contribution in [0.3, 0.4) is 0 Å². The molecule has 5 nitrogen and oxygen atoms in total. The van der Waals surface area contributed by atoms with Crippen LogP contribution >= 0.6 is 12.4 Å². The van der Waals surface area contributed by atoms with Crippen LogP contribution in [-0.2, 0) is 17.8 Å². The third-order valence-corrected chi connectivity index (χ3v) is 5.26. The molecule has 0 spiro atoms. The number of ether oxygens (including phenoxy) is 2. The zero-order valence-corrected chi connectivity index (χ0v) is 18.4. The van der Waals surface area contributed by atoms with Crippen molar-refractivity contribution in [2.24, 2.45) is 0 Å². The minimum Gasteiger partial charge on any atom is -0.490 e. The topological polar surface area (TPSA) is 50.8 Å². The first-order chi connectivity index (χ1) is 14.6. The number of aryl methyl sites for hydroxylation is 1. The Kier molecular flexibility index (Phi) is 10.0. The van der Waals surface area contributed by atoms with Crippen LogP contribution in [0.5, 0.6) is 5.75 Å². The molecule has 1 heterocycles. The summed E-state index contributed by atoms with van der Waals surface area (Å²) in [6, 6.07) is 12.3. The van der Waals surface area contributed by atoms with Crippen LogP contribution < -0.4 is 10.1 Å². The van der Waals surface area contributed by atoms with Gasteiger partial charge in [0.1, 0.15) is 12.4 Å². The third kappa shape index (κ3) is 6.80. The molecule has 1 fully saturated rings. The highest BCUT2D eigenvalue weighted by atomic mass is 35.5. The van der Waals surface area contributed by atoms with E-state index < -0.39 is 24.3 Å². The van der Waals surface area contributed by atoms with Crippen molar-refractivity contribution in [3.05, 3.63) is 65.2 Å². The number of amides is 1. The van der Waals surface area contributed by atoms with Gasteiger partial charge in [0.05, 0.1) is 12.2 Å². The van der Waals surface area contributed by atoms with E-state index in [1.165, 1.54) is 11.6 Å². The van der Waals surface area contributed by atoms with Gasteiger partial charge in [-0.1, -0.05) is 37.3 Å². The lowest BCUT2D eigenvalue weighted by Crippen LogP contribution is -2.53. The average Bonchev–Trinajstić information content (AvgIpc) is 2.78. The van der Waals surface area contributed by atoms with E-state index in [1.807, 2.05) is 37.3 Å². The van der Waals surface area contributed by atoms with Gasteiger partial charge in [-0.3, -0.25) is 0 Å². The maximum absolute atomic E-state index is 14.7. The smallest absolute Gasteiger partial charge is 0.410 e. The van der Waals surface area contributed by atoms with E-state index in [4.69, 9.17) is 9.47 Å². The van der Waals surface area contributed by atoms with E-state index in [9.17, 15) is 13.6 Å². The van der Waals surface area contributed by atoms with Crippen molar-refractivity contribution in [2.45, 2.75) is 38.8 Å². The first-order valence-electron chi connectivity index (χ1n) is 10.4. The van der Waals surface area contributed by atoms with Gasteiger partial charge in [0.15, 0.2) is 11.6 Å². The largest absolute Gasteiger partial charge is 0.490 e. The normalized spacial score (nSPS) is 15.8. The molecule has 1 saturated heterocycles. The lowest BCUT2D eigenvalue weighted by Gasteiger charge is -2.34. The third-order valence-electron chi connectivity index (χ3n) is 5.26. The summed E-state index contributed by atoms with van der Waals surface area (Å²) in [5.41, 5.74) is 0.874. The monoisotopic (exact) mass is 454 g/mol. The van der Waals surface area contributed by atoms with Gasteiger partial charge < -0.3 is 19.7 Å². The van der Waals surface area contributed by atoms with Crippen molar-refractivity contribution in [3.8, 4) is 5.75 Å². The van der Waals surface area contributed by atoms with Crippen LogP contribution in [0, 0.1) is 11.6 Å². The van der Waals surface area contributed by atoms with E-state index in [2.05, 4.69) is 5.32 Å². The molecule has 0 bridgehead atoms. The molecule has 2 aromatic rings. The lowest BCUT2D eigenvalue weighted by atomic mass is 10.1. The Morgan fingerprint density at radius 3 is 2.71 bits per heavy atom. The SMILES string of the molecule is CCC1CNCCN1C(=O)OCc1c(F)ccc(OCCCc2ccccc2)c1F.Cl. The van der Waals surface area contributed by atoms with Crippen LogP contribution in [-0.4, -0.2) is 43.3 Å². The minimum absolute atomic E-state index is 0. The van der Waals surface area contributed by atoms with Gasteiger partial charge in [-0.05, 0) is 37.0 Å². The van der Waals surface area contributed by atoms with E-state index in [0.29, 0.717) is 32.7 Å². The second-order valence-electron chi connectivity index (χ2n) is 7.29. The molecule has 31 heavy (non-hydrogen) atoms. The van der Waals surface area contributed by atoms with Gasteiger partial charge in [-0.25, -0.2) is 13.6 Å². The van der Waals surface area contributed by atoms with Gasteiger partial charge in [0.25, 0.3) is 0 Å². The zero-order chi connectivity index (χ0) is 21.3. The van der Waals surface area contributed by atoms with Crippen LogP contribution in [0.2, 0.25) is 0 Å². The molecule has 0 saturated carbocycles. The second-order valence-corrected chi connectivity index (χ2v) is 7.29. The fourth-order valence-corrected chi connectivity index (χ4v) is 3.51. The Hall–Kier alpha value is -2.38. The first kappa shape index (κ1) is 24.9. The number of carbonyl (C=O) groups excluding carboxylic acids is 1. The molecule has 0 aliphatic carbocycles. The molecule has 0 radical (unpaired) electrons. The lowest BCUT2D eigenvalue weighted by molar-refractivity contribution is 0.0697. The fraction of sp³-hybridized carbons (Fsp3) is 0.435. The summed E-state index contributed by atoms with van der Waals surface area (Å²) in [6.07, 6.45) is 1.72. The number of rotatable bonds is 8. The molecular formula is C23H29ClF2N2O3. The fourth-order valence-electron chi connectivity index (χ4n) is 3.51. The van der Waals surface area contributed by atoms with Crippen molar-refractivity contribution in [1.82, 2.24) is 10.2 Å². The van der Waals surface area contributed by atoms with Crippen molar-refractivity contribution < 1.29 is 23.0 Å². The summed E-state index contributed by atoms with van der Waals surface area (Å²) in [5, 5.41) is 3.22. The average molecular weight is 455 g/mol. The minimum atomic E-state index is -0.824. The molecule has 170 valence electrons. The molecule has 1 atom stereocenters. The number of piperazine rings is 1. The van der Waals surface area contributed by atoms with Gasteiger partial charge in [-0.15, -0.1) is 12.4 Å². The number of carbonyl (C=O) groups is 1. The maximum atomic E-state index is 14.7. The number of benzene rings is 2. The number of hydrogen-bond donors (Lipinski definition) is 1. The number of halogens is 3. The number of nitrogens with zero attached hydrogens (tertiary/aromatic N) is 1. The molecule has 0 aromatic heterocycles. The summed E-state index contributed by atoms with van der Waals surface area (Å²) >= 11 is 0. The molecule has 3 rings (SSSR count). The van der Waals surface area contributed by atoms with Gasteiger partial charge in [-0.2, -0.15) is 0 Å². The highest BCUT2D eigenvalue weighted by Crippen LogP contribution is 2.25. The molecule has 1 aliphatic rings. The highest BCUT2D eigenvalue weighted by molar-refractivity contribution is 5.85. The van der Waals surface area contributed by atoms with Crippen LogP contribution in [0.15, 0.2) is 42.5 Å². The predicted octanol–water partition coefficient (Wildman–Crippen LogP) is 4.72. The summed E-state index contributed by atoms with van der Waals surface area (Å²) in [7, 11) is 0. The van der Waals surface area contributed by atoms with Gasteiger partial charge >= 0.3 is 6.09 Å². The van der Waals surface area contributed by atoms with Crippen molar-refractivity contribution in [1.29, 1.82) is 0 Å². The molecule has 1 unspecified atom stereocenters. The van der Waals surface area contributed by atoms with Crippen molar-refractivity contribution >= 4 is 18.5 Å². The molecule has 1 aliphatic heterocycles. The summed E-state index contributed by atoms with van der Waals surface area (Å²) in [6.45, 7) is 3.66. The highest BCUT2D eigenvalue weighted by Gasteiger charge is 2.27. The Labute approximate surface area is 188 Å². The van der Waals surface area contributed by atoms with Crippen LogP contribution in [0.25, 0.3) is 0 Å². The van der Waals surface area contributed by atoms with E-state index in [0.717, 1.165) is 18.9 Å². The predicted molar refractivity (Wildman–Crippen MR) is 118 cm³/mol. The van der Waals surface area contributed by atoms with Gasteiger partial charge in [0, 0.05) is 25.7 Å². The zero-order valence-electron chi connectivity index (χ0n) is 17.6. The summed E-state index contributed by atoms with van der Waals surface area (Å²) in [4.78, 5) is 14.0. The van der Waals surface area contributed by atoms with Crippen LogP contribution in [0.4, 0.5) is 13.6 Å². The Bertz CT molecular complexity index is 839. The van der Waals surface area contributed by atoms with Crippen molar-refractivity contribution in [2.75, 3.05) is 26.2 Å². The summed E-state index contributed by atoms with van der Waals surface area (Å²) in [5.74, 6) is -1.62. The molecule has 2 aromatic carbocycles. The summed E-state index contributed by atoms with van der Waals surface area (Å²) < 4.78 is 39.6. The van der Waals surface area contributed by atoms with Gasteiger partial charge in [0.2, 0.25) is 0 Å². The molecule has 1 N–H and O–H groups in total. The van der Waals surface area contributed by atoms with Crippen molar-refractivity contribution in [3.63, 3.8) is 0 Å². The molecule has 1 amide bonds. The van der Waals surface area contributed by atoms with E-state index >= 15 is 0 Å². The molecule has 8 heteroatoms. The van der Waals surface area contributed by atoms with Crippen LogP contribution in [0.1, 0.15) is 30.9 Å². The second kappa shape index (κ2) is 12.5. The Balaban J connectivity index is 0.00000341. The van der Waals surface area contributed by atoms with E-state index in [1.54, 1.807) is 4.90 Å². The quantitative estimate of drug-likeness (QED) is 0.586. The standard InChI is InChI=1S/C23H28F2N2O3.ClH/c1-2-18-15-26-12-13-27(18)23(28)30-16-19-20(24)10-11-21(22(19)25)29-14-6-9-17-7-4-3-5-8-17;/h3-5,7-8,10-11,18,26H,2,6,9,12-16H2,1H3;1H. The Morgan fingerprint density at radius 1 is 1.19 bits per heavy atom. The molecular weight excluding hydrogens is 426 g/mol. The number of hydrogen-bond acceptors (Lipinski definition) is 4. The number of nitrogens with one attached hydrogen (secondary N) is 1. The van der Waals surface area contributed by atoms with E-state index in [-0.39, 0.29) is 29.8 Å². The first-order valence-corrected chi connectivity index (χ1v) is 10.4. The Morgan fingerprint density at radius 2 is 1.97 bits per heavy atom.